The van der Waals surface area contributed by atoms with Crippen LogP contribution in [-0.4, -0.2) is 62.5 Å². The molecule has 9 nitrogen and oxygen atoms in total. The molecule has 1 aliphatic carbocycles. The van der Waals surface area contributed by atoms with Crippen molar-refractivity contribution < 1.29 is 9.21 Å². The molecule has 2 fully saturated rings. The third kappa shape index (κ3) is 4.12. The Morgan fingerprint density at radius 3 is 2.58 bits per heavy atom. The van der Waals surface area contributed by atoms with Crippen LogP contribution >= 0.6 is 0 Å². The predicted octanol–water partition coefficient (Wildman–Crippen LogP) is 3.64. The number of carbonyl (C=O) groups is 1. The fourth-order valence-electron chi connectivity index (χ4n) is 4.68. The van der Waals surface area contributed by atoms with Gasteiger partial charge in [0, 0.05) is 43.5 Å². The molecule has 0 unspecified atom stereocenters. The van der Waals surface area contributed by atoms with Crippen LogP contribution in [0.15, 0.2) is 16.8 Å². The van der Waals surface area contributed by atoms with Crippen LogP contribution < -0.4 is 10.2 Å². The van der Waals surface area contributed by atoms with E-state index in [1.54, 1.807) is 0 Å². The molecule has 33 heavy (non-hydrogen) atoms. The summed E-state index contributed by atoms with van der Waals surface area (Å²) in [5, 5.41) is 4.18. The number of piperidine rings is 1. The summed E-state index contributed by atoms with van der Waals surface area (Å²) in [7, 11) is 1.89. The van der Waals surface area contributed by atoms with Crippen LogP contribution in [0, 0.1) is 20.8 Å². The van der Waals surface area contributed by atoms with Crippen molar-refractivity contribution in [2.24, 2.45) is 0 Å². The van der Waals surface area contributed by atoms with Crippen molar-refractivity contribution in [1.29, 1.82) is 0 Å². The second-order valence-corrected chi connectivity index (χ2v) is 9.67. The maximum absolute atomic E-state index is 13.7. The van der Waals surface area contributed by atoms with Gasteiger partial charge in [-0.1, -0.05) is 0 Å². The molecule has 0 spiro atoms. The maximum Gasteiger partial charge on any atom is 0.258 e. The fourth-order valence-corrected chi connectivity index (χ4v) is 4.68. The molecule has 3 aromatic heterocycles. The highest BCUT2D eigenvalue weighted by Gasteiger charge is 2.39. The lowest BCUT2D eigenvalue weighted by molar-refractivity contribution is 0.0709. The Hall–Kier alpha value is -3.23. The van der Waals surface area contributed by atoms with E-state index in [9.17, 15) is 4.79 Å². The number of rotatable bonds is 5. The van der Waals surface area contributed by atoms with Crippen LogP contribution in [0.2, 0.25) is 0 Å². The van der Waals surface area contributed by atoms with Gasteiger partial charge < -0.3 is 19.5 Å². The van der Waals surface area contributed by atoms with E-state index >= 15 is 0 Å². The molecule has 1 N–H and O–H groups in total. The third-order valence-electron chi connectivity index (χ3n) is 6.91. The molecule has 0 bridgehead atoms. The van der Waals surface area contributed by atoms with Gasteiger partial charge >= 0.3 is 0 Å². The molecular weight excluding hydrogens is 418 g/mol. The lowest BCUT2D eigenvalue weighted by Gasteiger charge is -2.37. The van der Waals surface area contributed by atoms with E-state index in [0.717, 1.165) is 56.1 Å². The normalized spacial score (nSPS) is 17.9. The molecular formula is C24H31N7O2. The van der Waals surface area contributed by atoms with Gasteiger partial charge in [-0.05, 0) is 53.4 Å². The summed E-state index contributed by atoms with van der Waals surface area (Å²) in [6.45, 7) is 9.59. The first-order valence-electron chi connectivity index (χ1n) is 11.6. The number of hydrogen-bond donors (Lipinski definition) is 1. The average Bonchev–Trinajstić information content (AvgIpc) is 3.40. The van der Waals surface area contributed by atoms with Crippen molar-refractivity contribution in [2.45, 2.75) is 65.0 Å². The lowest BCUT2D eigenvalue weighted by atomic mass is 10.0. The molecule has 0 aromatic carbocycles. The van der Waals surface area contributed by atoms with Crippen molar-refractivity contribution in [3.8, 4) is 0 Å². The molecule has 0 atom stereocenters. The molecule has 1 amide bonds. The van der Waals surface area contributed by atoms with Crippen LogP contribution in [0.4, 0.5) is 11.6 Å². The van der Waals surface area contributed by atoms with Crippen LogP contribution in [0.1, 0.15) is 60.2 Å². The van der Waals surface area contributed by atoms with E-state index in [-0.39, 0.29) is 17.5 Å². The summed E-state index contributed by atoms with van der Waals surface area (Å²) in [6, 6.07) is 2.17. The number of fused-ring (bicyclic) bond motifs is 1. The number of furan rings is 1. The second kappa shape index (κ2) is 7.97. The smallest absolute Gasteiger partial charge is 0.258 e. The largest absolute Gasteiger partial charge is 0.442 e. The highest BCUT2D eigenvalue weighted by molar-refractivity contribution is 6.10. The van der Waals surface area contributed by atoms with E-state index < -0.39 is 0 Å². The van der Waals surface area contributed by atoms with Gasteiger partial charge in [0.1, 0.15) is 29.5 Å². The number of carbonyl (C=O) groups excluding carboxylic acids is 1. The predicted molar refractivity (Wildman–Crippen MR) is 127 cm³/mol. The molecule has 4 heterocycles. The number of hydrogen-bond acceptors (Lipinski definition) is 8. The van der Waals surface area contributed by atoms with E-state index in [2.05, 4.69) is 37.1 Å². The topological polar surface area (TPSA) is 100 Å². The summed E-state index contributed by atoms with van der Waals surface area (Å²) in [4.78, 5) is 35.5. The van der Waals surface area contributed by atoms with E-state index in [1.165, 1.54) is 6.33 Å². The van der Waals surface area contributed by atoms with E-state index in [0.29, 0.717) is 28.2 Å². The average molecular weight is 450 g/mol. The van der Waals surface area contributed by atoms with Gasteiger partial charge in [-0.2, -0.15) is 0 Å². The first-order valence-corrected chi connectivity index (χ1v) is 11.6. The SMILES string of the molecule is Cc1cc(N2CCC(N(C)C(=O)c3c(C)oc4ncnc(NC5(C)CC5)c34)CC2)nc(C)n1. The number of aromatic nitrogens is 4. The summed E-state index contributed by atoms with van der Waals surface area (Å²) in [5.41, 5.74) is 2.02. The molecule has 1 saturated carbocycles. The summed E-state index contributed by atoms with van der Waals surface area (Å²) >= 11 is 0. The Morgan fingerprint density at radius 1 is 1.18 bits per heavy atom. The van der Waals surface area contributed by atoms with Crippen LogP contribution in [0.25, 0.3) is 11.1 Å². The van der Waals surface area contributed by atoms with Crippen molar-refractivity contribution in [3.05, 3.63) is 35.2 Å². The zero-order valence-electron chi connectivity index (χ0n) is 20.0. The quantitative estimate of drug-likeness (QED) is 0.630. The highest BCUT2D eigenvalue weighted by atomic mass is 16.3. The minimum atomic E-state index is -0.0442. The van der Waals surface area contributed by atoms with Gasteiger partial charge in [0.15, 0.2) is 0 Å². The van der Waals surface area contributed by atoms with Gasteiger partial charge in [0.25, 0.3) is 5.91 Å². The van der Waals surface area contributed by atoms with Gasteiger partial charge in [-0.25, -0.2) is 19.9 Å². The molecule has 9 heteroatoms. The number of nitrogens with one attached hydrogen (secondary N) is 1. The summed E-state index contributed by atoms with van der Waals surface area (Å²) < 4.78 is 5.87. The zero-order valence-corrected chi connectivity index (χ0v) is 20.0. The summed E-state index contributed by atoms with van der Waals surface area (Å²) in [5.74, 6) is 2.96. The molecule has 2 aliphatic rings. The molecule has 1 aliphatic heterocycles. The van der Waals surface area contributed by atoms with Crippen LogP contribution in [0.5, 0.6) is 0 Å². The van der Waals surface area contributed by atoms with Gasteiger partial charge in [0.05, 0.1) is 10.9 Å². The minimum Gasteiger partial charge on any atom is -0.442 e. The molecule has 5 rings (SSSR count). The minimum absolute atomic E-state index is 0.0310. The van der Waals surface area contributed by atoms with E-state index in [1.807, 2.05) is 38.8 Å². The Kier molecular flexibility index (Phi) is 5.22. The van der Waals surface area contributed by atoms with E-state index in [4.69, 9.17) is 4.42 Å². The van der Waals surface area contributed by atoms with Crippen molar-refractivity contribution >= 4 is 28.6 Å². The maximum atomic E-state index is 13.7. The monoisotopic (exact) mass is 449 g/mol. The lowest BCUT2D eigenvalue weighted by Crippen LogP contribution is -2.46. The highest BCUT2D eigenvalue weighted by Crippen LogP contribution is 2.40. The summed E-state index contributed by atoms with van der Waals surface area (Å²) in [6.07, 6.45) is 5.41. The standard InChI is InChI=1S/C24H31N7O2/c1-14-12-18(28-16(3)27-14)31-10-6-17(7-11-31)30(5)23(32)19-15(2)33-22-20(19)21(25-13-26-22)29-24(4)8-9-24/h12-13,17H,6-11H2,1-5H3,(H,25,26,29). The van der Waals surface area contributed by atoms with Crippen molar-refractivity contribution in [2.75, 3.05) is 30.4 Å². The number of anilines is 2. The van der Waals surface area contributed by atoms with Gasteiger partial charge in [0.2, 0.25) is 5.71 Å². The Bertz CT molecular complexity index is 1190. The molecule has 0 radical (unpaired) electrons. The zero-order chi connectivity index (χ0) is 23.3. The van der Waals surface area contributed by atoms with Crippen molar-refractivity contribution in [1.82, 2.24) is 24.8 Å². The van der Waals surface area contributed by atoms with Crippen molar-refractivity contribution in [3.63, 3.8) is 0 Å². The Morgan fingerprint density at radius 2 is 1.91 bits per heavy atom. The Balaban J connectivity index is 1.35. The molecule has 174 valence electrons. The second-order valence-electron chi connectivity index (χ2n) is 9.67. The Labute approximate surface area is 193 Å². The first-order chi connectivity index (χ1) is 15.7. The number of aryl methyl sites for hydroxylation is 3. The fraction of sp³-hybridized carbons (Fsp3) is 0.542. The van der Waals surface area contributed by atoms with Gasteiger partial charge in [-0.3, -0.25) is 4.79 Å². The molecule has 1 saturated heterocycles. The molecule has 3 aromatic rings. The first kappa shape index (κ1) is 21.6. The van der Waals surface area contributed by atoms with Gasteiger partial charge in [-0.15, -0.1) is 0 Å². The number of amides is 1. The van der Waals surface area contributed by atoms with Crippen LogP contribution in [0.3, 0.4) is 0 Å². The number of nitrogens with zero attached hydrogens (tertiary/aromatic N) is 6. The third-order valence-corrected chi connectivity index (χ3v) is 6.91. The van der Waals surface area contributed by atoms with Crippen LogP contribution in [-0.2, 0) is 0 Å².